The van der Waals surface area contributed by atoms with Crippen molar-refractivity contribution < 1.29 is 9.90 Å². The second kappa shape index (κ2) is 5.61. The van der Waals surface area contributed by atoms with E-state index in [0.29, 0.717) is 11.3 Å². The van der Waals surface area contributed by atoms with Gasteiger partial charge in [0.25, 0.3) is 0 Å². The molecule has 1 aromatic carbocycles. The van der Waals surface area contributed by atoms with Gasteiger partial charge in [0, 0.05) is 6.21 Å². The summed E-state index contributed by atoms with van der Waals surface area (Å²) in [6, 6.07) is 8.60. The van der Waals surface area contributed by atoms with E-state index in [1.807, 2.05) is 6.07 Å². The highest BCUT2D eigenvalue weighted by atomic mass is 16.3. The van der Waals surface area contributed by atoms with Crippen molar-refractivity contribution in [3.05, 3.63) is 41.2 Å². The van der Waals surface area contributed by atoms with Gasteiger partial charge in [0.1, 0.15) is 5.76 Å². The van der Waals surface area contributed by atoms with Gasteiger partial charge < -0.3 is 5.11 Å². The predicted molar refractivity (Wildman–Crippen MR) is 65.3 cm³/mol. The third kappa shape index (κ3) is 3.58. The van der Waals surface area contributed by atoms with Crippen molar-refractivity contribution in [1.29, 1.82) is 5.26 Å². The average molecular weight is 228 g/mol. The Bertz CT molecular complexity index is 515. The number of benzene rings is 1. The van der Waals surface area contributed by atoms with Crippen LogP contribution in [0.15, 0.2) is 40.6 Å². The van der Waals surface area contributed by atoms with Crippen LogP contribution in [0.2, 0.25) is 0 Å². The summed E-state index contributed by atoms with van der Waals surface area (Å²) in [6.07, 6.45) is 1.32. The van der Waals surface area contributed by atoms with Crippen LogP contribution in [0.1, 0.15) is 19.4 Å². The lowest BCUT2D eigenvalue weighted by molar-refractivity contribution is -0.113. The Hall–Kier alpha value is -2.41. The summed E-state index contributed by atoms with van der Waals surface area (Å²) < 4.78 is 0. The van der Waals surface area contributed by atoms with Crippen LogP contribution in [0.5, 0.6) is 0 Å². The van der Waals surface area contributed by atoms with E-state index in [1.165, 1.54) is 20.1 Å². The van der Waals surface area contributed by atoms with Crippen LogP contribution in [0.25, 0.3) is 0 Å². The van der Waals surface area contributed by atoms with Crippen molar-refractivity contribution in [1.82, 2.24) is 0 Å². The molecule has 0 bridgehead atoms. The molecule has 4 heteroatoms. The number of carbonyl (C=O) groups excluding carboxylic acids is 1. The molecule has 1 rings (SSSR count). The zero-order valence-electron chi connectivity index (χ0n) is 9.64. The molecule has 0 aliphatic rings. The largest absolute Gasteiger partial charge is 0.512 e. The molecule has 0 aliphatic heterocycles. The van der Waals surface area contributed by atoms with Gasteiger partial charge in [-0.3, -0.25) is 9.79 Å². The minimum Gasteiger partial charge on any atom is -0.512 e. The van der Waals surface area contributed by atoms with Crippen molar-refractivity contribution in [2.75, 3.05) is 0 Å². The molecule has 0 unspecified atom stereocenters. The molecule has 4 nitrogen and oxygen atoms in total. The number of aliphatic hydroxyl groups is 1. The Morgan fingerprint density at radius 2 is 1.94 bits per heavy atom. The van der Waals surface area contributed by atoms with Gasteiger partial charge in [-0.25, -0.2) is 0 Å². The molecule has 0 fully saturated rings. The van der Waals surface area contributed by atoms with E-state index in [2.05, 4.69) is 4.99 Å². The molecule has 0 radical (unpaired) electrons. The van der Waals surface area contributed by atoms with Gasteiger partial charge in [0.15, 0.2) is 5.78 Å². The summed E-state index contributed by atoms with van der Waals surface area (Å²) in [6.45, 7) is 2.79. The van der Waals surface area contributed by atoms with Crippen LogP contribution >= 0.6 is 0 Å². The predicted octanol–water partition coefficient (Wildman–Crippen LogP) is 2.68. The lowest BCUT2D eigenvalue weighted by Crippen LogP contribution is -2.01. The minimum absolute atomic E-state index is 0.0603. The molecule has 0 atom stereocenters. The zero-order chi connectivity index (χ0) is 12.8. The van der Waals surface area contributed by atoms with Crippen LogP contribution in [-0.2, 0) is 4.79 Å². The highest BCUT2D eigenvalue weighted by Crippen LogP contribution is 2.13. The van der Waals surface area contributed by atoms with Crippen LogP contribution in [0.4, 0.5) is 5.69 Å². The first-order chi connectivity index (χ1) is 8.04. The molecule has 1 aromatic rings. The van der Waals surface area contributed by atoms with Crippen LogP contribution in [0, 0.1) is 11.3 Å². The summed E-state index contributed by atoms with van der Waals surface area (Å²) in [5.41, 5.74) is 1.34. The van der Waals surface area contributed by atoms with Gasteiger partial charge in [-0.2, -0.15) is 5.26 Å². The summed E-state index contributed by atoms with van der Waals surface area (Å²) in [5.74, 6) is -0.308. The summed E-state index contributed by atoms with van der Waals surface area (Å²) in [4.78, 5) is 15.2. The number of carbonyl (C=O) groups is 1. The lowest BCUT2D eigenvalue weighted by atomic mass is 10.2. The number of Topliss-reactive ketones (excluding diaryl/α,β-unsaturated/α-hetero) is 1. The normalized spacial score (nSPS) is 12.1. The van der Waals surface area contributed by atoms with Gasteiger partial charge in [0.05, 0.1) is 22.9 Å². The first kappa shape index (κ1) is 12.7. The number of aliphatic imine (C=N–C) groups is 1. The number of allylic oxidation sites excluding steroid dienone is 2. The maximum absolute atomic E-state index is 11.2. The SMILES string of the molecule is CC(=O)/C(C=Nc1ccc(C#N)cc1)=C(\C)O. The number of hydrogen-bond donors (Lipinski definition) is 1. The molecule has 0 amide bonds. The molecular weight excluding hydrogens is 216 g/mol. The fourth-order valence-corrected chi connectivity index (χ4v) is 1.20. The van der Waals surface area contributed by atoms with Gasteiger partial charge in [-0.15, -0.1) is 0 Å². The number of ketones is 1. The van der Waals surface area contributed by atoms with E-state index < -0.39 is 0 Å². The standard InChI is InChI=1S/C13H12N2O2/c1-9(16)13(10(2)17)8-15-12-5-3-11(7-14)4-6-12/h3-6,8,16H,1-2H3/b13-9+,15-8?. The average Bonchev–Trinajstić information content (AvgIpc) is 2.29. The fourth-order valence-electron chi connectivity index (χ4n) is 1.20. The van der Waals surface area contributed by atoms with Gasteiger partial charge >= 0.3 is 0 Å². The summed E-state index contributed by atoms with van der Waals surface area (Å²) >= 11 is 0. The van der Waals surface area contributed by atoms with E-state index in [0.717, 1.165) is 0 Å². The molecule has 0 saturated heterocycles. The Kier molecular flexibility index (Phi) is 4.18. The topological polar surface area (TPSA) is 73.5 Å². The second-order valence-corrected chi connectivity index (χ2v) is 3.47. The number of hydrogen-bond acceptors (Lipinski definition) is 4. The van der Waals surface area contributed by atoms with Crippen molar-refractivity contribution >= 4 is 17.7 Å². The highest BCUT2D eigenvalue weighted by Gasteiger charge is 2.04. The van der Waals surface area contributed by atoms with Gasteiger partial charge in [-0.1, -0.05) is 0 Å². The van der Waals surface area contributed by atoms with Crippen molar-refractivity contribution in [3.63, 3.8) is 0 Å². The Morgan fingerprint density at radius 1 is 1.35 bits per heavy atom. The van der Waals surface area contributed by atoms with E-state index >= 15 is 0 Å². The number of nitriles is 1. The zero-order valence-corrected chi connectivity index (χ0v) is 9.64. The molecule has 17 heavy (non-hydrogen) atoms. The Morgan fingerprint density at radius 3 is 2.35 bits per heavy atom. The van der Waals surface area contributed by atoms with Gasteiger partial charge in [0.2, 0.25) is 0 Å². The fraction of sp³-hybridized carbons (Fsp3) is 0.154. The smallest absolute Gasteiger partial charge is 0.164 e. The highest BCUT2D eigenvalue weighted by molar-refractivity contribution is 6.12. The first-order valence-electron chi connectivity index (χ1n) is 4.99. The Balaban J connectivity index is 2.94. The minimum atomic E-state index is -0.248. The molecule has 0 spiro atoms. The third-order valence-electron chi connectivity index (χ3n) is 2.11. The van der Waals surface area contributed by atoms with E-state index in [9.17, 15) is 9.90 Å². The van der Waals surface area contributed by atoms with Crippen LogP contribution in [-0.4, -0.2) is 17.1 Å². The van der Waals surface area contributed by atoms with Crippen molar-refractivity contribution in [2.24, 2.45) is 4.99 Å². The summed E-state index contributed by atoms with van der Waals surface area (Å²) in [7, 11) is 0. The maximum atomic E-state index is 11.2. The molecule has 0 heterocycles. The number of rotatable bonds is 3. The van der Waals surface area contributed by atoms with E-state index in [4.69, 9.17) is 5.26 Å². The number of aliphatic hydroxyl groups excluding tert-OH is 1. The van der Waals surface area contributed by atoms with Crippen molar-refractivity contribution in [3.8, 4) is 6.07 Å². The molecule has 1 N–H and O–H groups in total. The monoisotopic (exact) mass is 228 g/mol. The summed E-state index contributed by atoms with van der Waals surface area (Å²) in [5, 5.41) is 17.9. The molecule has 86 valence electrons. The van der Waals surface area contributed by atoms with Crippen LogP contribution < -0.4 is 0 Å². The maximum Gasteiger partial charge on any atom is 0.164 e. The molecular formula is C13H12N2O2. The lowest BCUT2D eigenvalue weighted by Gasteiger charge is -1.98. The quantitative estimate of drug-likeness (QED) is 0.491. The van der Waals surface area contributed by atoms with E-state index in [1.54, 1.807) is 24.3 Å². The van der Waals surface area contributed by atoms with Gasteiger partial charge in [-0.05, 0) is 38.1 Å². The molecule has 0 aromatic heterocycles. The second-order valence-electron chi connectivity index (χ2n) is 3.47. The third-order valence-corrected chi connectivity index (χ3v) is 2.11. The number of nitrogens with zero attached hydrogens (tertiary/aromatic N) is 2. The van der Waals surface area contributed by atoms with Crippen LogP contribution in [0.3, 0.4) is 0 Å². The van der Waals surface area contributed by atoms with Crippen molar-refractivity contribution in [2.45, 2.75) is 13.8 Å². The van der Waals surface area contributed by atoms with E-state index in [-0.39, 0.29) is 17.1 Å². The Labute approximate surface area is 99.5 Å². The molecule has 0 saturated carbocycles. The first-order valence-corrected chi connectivity index (χ1v) is 4.99. The molecule has 0 aliphatic carbocycles.